The predicted octanol–water partition coefficient (Wildman–Crippen LogP) is 3.02. The summed E-state index contributed by atoms with van der Waals surface area (Å²) >= 11 is 0. The number of carbonyl (C=O) groups is 4. The first-order chi connectivity index (χ1) is 20.3. The van der Waals surface area contributed by atoms with E-state index in [0.717, 1.165) is 10.8 Å². The van der Waals surface area contributed by atoms with Crippen molar-refractivity contribution in [2.45, 2.75) is 19.4 Å². The summed E-state index contributed by atoms with van der Waals surface area (Å²) in [5.41, 5.74) is 1.59. The summed E-state index contributed by atoms with van der Waals surface area (Å²) < 4.78 is 10.5. The van der Waals surface area contributed by atoms with Crippen LogP contribution in [0.15, 0.2) is 66.7 Å². The highest BCUT2D eigenvalue weighted by molar-refractivity contribution is 6.16. The predicted molar refractivity (Wildman–Crippen MR) is 157 cm³/mol. The van der Waals surface area contributed by atoms with E-state index in [0.29, 0.717) is 56.1 Å². The number of hydrogen-bond donors (Lipinski definition) is 2. The Hall–Kier alpha value is -4.77. The number of benzene rings is 3. The molecule has 0 aliphatic carbocycles. The molecule has 42 heavy (non-hydrogen) atoms. The molecular weight excluding hydrogens is 538 g/mol. The number of nitrogens with zero attached hydrogens (tertiary/aromatic N) is 3. The van der Waals surface area contributed by atoms with Crippen LogP contribution in [-0.4, -0.2) is 91.5 Å². The molecule has 0 radical (unpaired) electrons. The first kappa shape index (κ1) is 28.7. The number of amides is 3. The Kier molecular flexibility index (Phi) is 8.77. The average Bonchev–Trinajstić information content (AvgIpc) is 3.36. The minimum absolute atomic E-state index is 0.0487. The fraction of sp³-hybridized carbons (Fsp3) is 0.323. The normalized spacial score (nSPS) is 17.3. The van der Waals surface area contributed by atoms with Crippen LogP contribution in [0.1, 0.15) is 29.3 Å². The lowest BCUT2D eigenvalue weighted by Gasteiger charge is -2.34. The monoisotopic (exact) mass is 571 g/mol. The molecule has 2 heterocycles. The summed E-state index contributed by atoms with van der Waals surface area (Å²) in [6, 6.07) is 19.8. The van der Waals surface area contributed by atoms with Crippen molar-refractivity contribution in [1.29, 1.82) is 5.41 Å². The molecule has 5 rings (SSSR count). The minimum atomic E-state index is -0.480. The van der Waals surface area contributed by atoms with E-state index in [1.165, 1.54) is 4.90 Å². The smallest absolute Gasteiger partial charge is 0.414 e. The van der Waals surface area contributed by atoms with Gasteiger partial charge in [0.15, 0.2) is 0 Å². The zero-order valence-corrected chi connectivity index (χ0v) is 23.4. The molecule has 3 aromatic carbocycles. The second-order valence-corrected chi connectivity index (χ2v) is 10.2. The SMILES string of the molecule is CCOC(=O)CCN1CCN(CC2CN(c3ccc(C(=N)NC(=O)c4cccc5ccccc45)cc3)C(=O)O2)CC1=O. The van der Waals surface area contributed by atoms with Crippen LogP contribution in [0, 0.1) is 5.41 Å². The first-order valence-electron chi connectivity index (χ1n) is 13.9. The lowest BCUT2D eigenvalue weighted by atomic mass is 10.0. The van der Waals surface area contributed by atoms with Crippen LogP contribution in [-0.2, 0) is 19.1 Å². The Morgan fingerprint density at radius 1 is 1.02 bits per heavy atom. The second-order valence-electron chi connectivity index (χ2n) is 10.2. The molecule has 0 aromatic heterocycles. The van der Waals surface area contributed by atoms with Gasteiger partial charge in [0.2, 0.25) is 5.91 Å². The van der Waals surface area contributed by atoms with Gasteiger partial charge in [-0.15, -0.1) is 0 Å². The lowest BCUT2D eigenvalue weighted by molar-refractivity contribution is -0.144. The van der Waals surface area contributed by atoms with Gasteiger partial charge in [-0.25, -0.2) is 4.79 Å². The van der Waals surface area contributed by atoms with Crippen molar-refractivity contribution in [3.63, 3.8) is 0 Å². The van der Waals surface area contributed by atoms with E-state index in [-0.39, 0.29) is 36.6 Å². The van der Waals surface area contributed by atoms with E-state index in [1.54, 1.807) is 42.2 Å². The number of ether oxygens (including phenoxy) is 2. The molecule has 2 aliphatic rings. The topological polar surface area (TPSA) is 132 Å². The molecule has 3 amide bonds. The third-order valence-electron chi connectivity index (χ3n) is 7.37. The molecule has 1 unspecified atom stereocenters. The van der Waals surface area contributed by atoms with E-state index in [9.17, 15) is 19.2 Å². The molecule has 0 spiro atoms. The van der Waals surface area contributed by atoms with Crippen molar-refractivity contribution >= 4 is 46.2 Å². The van der Waals surface area contributed by atoms with Crippen molar-refractivity contribution in [1.82, 2.24) is 15.1 Å². The molecule has 11 heteroatoms. The van der Waals surface area contributed by atoms with Crippen LogP contribution in [0.4, 0.5) is 10.5 Å². The summed E-state index contributed by atoms with van der Waals surface area (Å²) in [5, 5.41) is 12.8. The molecule has 11 nitrogen and oxygen atoms in total. The van der Waals surface area contributed by atoms with Crippen molar-refractivity contribution < 1.29 is 28.7 Å². The number of fused-ring (bicyclic) bond motifs is 1. The number of cyclic esters (lactones) is 1. The van der Waals surface area contributed by atoms with E-state index < -0.39 is 12.2 Å². The quantitative estimate of drug-likeness (QED) is 0.229. The van der Waals surface area contributed by atoms with Crippen LogP contribution in [0.5, 0.6) is 0 Å². The van der Waals surface area contributed by atoms with E-state index in [4.69, 9.17) is 14.9 Å². The van der Waals surface area contributed by atoms with Crippen LogP contribution in [0.2, 0.25) is 0 Å². The van der Waals surface area contributed by atoms with Crippen LogP contribution >= 0.6 is 0 Å². The number of rotatable bonds is 9. The summed E-state index contributed by atoms with van der Waals surface area (Å²) in [7, 11) is 0. The highest BCUT2D eigenvalue weighted by Gasteiger charge is 2.35. The first-order valence-corrected chi connectivity index (χ1v) is 13.9. The van der Waals surface area contributed by atoms with Crippen molar-refractivity contribution in [2.24, 2.45) is 0 Å². The number of nitrogens with one attached hydrogen (secondary N) is 2. The van der Waals surface area contributed by atoms with E-state index in [1.807, 2.05) is 41.3 Å². The summed E-state index contributed by atoms with van der Waals surface area (Å²) in [5.74, 6) is -0.809. The van der Waals surface area contributed by atoms with Crippen LogP contribution < -0.4 is 10.2 Å². The molecule has 2 saturated heterocycles. The van der Waals surface area contributed by atoms with Gasteiger partial charge in [0, 0.05) is 43.0 Å². The molecule has 0 bridgehead atoms. The van der Waals surface area contributed by atoms with Gasteiger partial charge in [-0.3, -0.25) is 29.6 Å². The molecule has 0 saturated carbocycles. The van der Waals surface area contributed by atoms with E-state index in [2.05, 4.69) is 5.32 Å². The van der Waals surface area contributed by atoms with Gasteiger partial charge in [-0.2, -0.15) is 0 Å². The maximum absolute atomic E-state index is 12.9. The molecule has 2 fully saturated rings. The van der Waals surface area contributed by atoms with Crippen molar-refractivity contribution in [3.8, 4) is 0 Å². The van der Waals surface area contributed by atoms with Gasteiger partial charge in [0.05, 0.1) is 26.1 Å². The highest BCUT2D eigenvalue weighted by Crippen LogP contribution is 2.23. The average molecular weight is 572 g/mol. The number of hydrogen-bond acceptors (Lipinski definition) is 8. The van der Waals surface area contributed by atoms with Crippen molar-refractivity contribution in [3.05, 3.63) is 77.9 Å². The Morgan fingerprint density at radius 2 is 1.79 bits per heavy atom. The van der Waals surface area contributed by atoms with Gasteiger partial charge in [0.1, 0.15) is 11.9 Å². The number of esters is 1. The summed E-state index contributed by atoms with van der Waals surface area (Å²) in [4.78, 5) is 54.8. The highest BCUT2D eigenvalue weighted by atomic mass is 16.6. The van der Waals surface area contributed by atoms with Gasteiger partial charge < -0.3 is 19.7 Å². The van der Waals surface area contributed by atoms with Gasteiger partial charge in [-0.1, -0.05) is 36.4 Å². The third kappa shape index (κ3) is 6.58. The van der Waals surface area contributed by atoms with Crippen LogP contribution in [0.25, 0.3) is 10.8 Å². The fourth-order valence-corrected chi connectivity index (χ4v) is 5.21. The molecular formula is C31H33N5O6. The Balaban J connectivity index is 1.13. The van der Waals surface area contributed by atoms with Gasteiger partial charge in [0.25, 0.3) is 5.91 Å². The molecule has 1 atom stereocenters. The lowest BCUT2D eigenvalue weighted by Crippen LogP contribution is -2.52. The minimum Gasteiger partial charge on any atom is -0.466 e. The standard InChI is InChI=1S/C31H33N5O6/c1-2-41-28(38)14-15-35-17-16-34(20-27(35)37)18-24-19-36(31(40)42-24)23-12-10-22(11-13-23)29(32)33-30(39)26-9-5-7-21-6-3-4-8-25(21)26/h3-13,24H,2,14-20H2,1H3,(H2,32,33,39). The maximum atomic E-state index is 12.9. The zero-order valence-electron chi connectivity index (χ0n) is 23.4. The number of amidine groups is 1. The Bertz CT molecular complexity index is 1500. The van der Waals surface area contributed by atoms with Gasteiger partial charge in [-0.05, 0) is 48.0 Å². The summed E-state index contributed by atoms with van der Waals surface area (Å²) in [6.45, 7) is 4.44. The van der Waals surface area contributed by atoms with Crippen LogP contribution in [0.3, 0.4) is 0 Å². The Morgan fingerprint density at radius 3 is 2.55 bits per heavy atom. The second kappa shape index (κ2) is 12.8. The van der Waals surface area contributed by atoms with Crippen molar-refractivity contribution in [2.75, 3.05) is 50.8 Å². The molecule has 2 N–H and O–H groups in total. The number of anilines is 1. The zero-order chi connectivity index (χ0) is 29.6. The third-order valence-corrected chi connectivity index (χ3v) is 7.37. The maximum Gasteiger partial charge on any atom is 0.414 e. The number of carbonyl (C=O) groups excluding carboxylic acids is 4. The Labute approximate surface area is 243 Å². The largest absolute Gasteiger partial charge is 0.466 e. The van der Waals surface area contributed by atoms with Gasteiger partial charge >= 0.3 is 12.1 Å². The van der Waals surface area contributed by atoms with E-state index >= 15 is 0 Å². The molecule has 2 aliphatic heterocycles. The fourth-order valence-electron chi connectivity index (χ4n) is 5.21. The number of piperazine rings is 1. The molecule has 3 aromatic rings. The summed E-state index contributed by atoms with van der Waals surface area (Å²) in [6.07, 6.45) is -0.718. The molecule has 218 valence electrons.